The quantitative estimate of drug-likeness (QED) is 0.215. The Kier molecular flexibility index (Phi) is 12.3. The Morgan fingerprint density at radius 2 is 2.11 bits per heavy atom. The van der Waals surface area contributed by atoms with Crippen molar-refractivity contribution in [2.45, 2.75) is 33.4 Å². The van der Waals surface area contributed by atoms with E-state index in [9.17, 15) is 0 Å². The number of guanidine groups is 1. The molecular weight excluding hydrogens is 469 g/mol. The van der Waals surface area contributed by atoms with Gasteiger partial charge in [-0.2, -0.15) is 0 Å². The maximum atomic E-state index is 5.89. The molecule has 7 nitrogen and oxygen atoms in total. The zero-order valence-electron chi connectivity index (χ0n) is 17.0. The van der Waals surface area contributed by atoms with Gasteiger partial charge in [-0.1, -0.05) is 12.1 Å². The number of hydrogen-bond donors (Lipinski definition) is 2. The van der Waals surface area contributed by atoms with Crippen LogP contribution in [-0.4, -0.2) is 48.9 Å². The molecule has 0 radical (unpaired) electrons. The number of aromatic nitrogens is 2. The Hall–Kier alpha value is -1.81. The first-order valence-electron chi connectivity index (χ1n) is 9.43. The number of rotatable bonds is 11. The summed E-state index contributed by atoms with van der Waals surface area (Å²) < 4.78 is 13.3. The first-order valence-corrected chi connectivity index (χ1v) is 9.43. The number of ether oxygens (including phenoxy) is 2. The Labute approximate surface area is 185 Å². The average molecular weight is 501 g/mol. The highest BCUT2D eigenvalue weighted by atomic mass is 127. The summed E-state index contributed by atoms with van der Waals surface area (Å²) in [4.78, 5) is 8.33. The number of nitrogens with zero attached hydrogens (tertiary/aromatic N) is 3. The van der Waals surface area contributed by atoms with Gasteiger partial charge in [0, 0.05) is 51.2 Å². The molecule has 0 aliphatic rings. The van der Waals surface area contributed by atoms with Crippen molar-refractivity contribution in [2.24, 2.45) is 4.99 Å². The van der Waals surface area contributed by atoms with Crippen molar-refractivity contribution in [1.82, 2.24) is 20.2 Å². The Morgan fingerprint density at radius 3 is 2.82 bits per heavy atom. The maximum absolute atomic E-state index is 5.89. The van der Waals surface area contributed by atoms with Crippen molar-refractivity contribution in [1.29, 1.82) is 0 Å². The summed E-state index contributed by atoms with van der Waals surface area (Å²) in [5.41, 5.74) is 2.27. The van der Waals surface area contributed by atoms with Gasteiger partial charge < -0.3 is 24.7 Å². The van der Waals surface area contributed by atoms with Crippen LogP contribution in [0.1, 0.15) is 24.5 Å². The molecule has 0 saturated heterocycles. The Balaban J connectivity index is 0.00000392. The molecule has 0 fully saturated rings. The molecule has 0 unspecified atom stereocenters. The van der Waals surface area contributed by atoms with Gasteiger partial charge in [-0.3, -0.25) is 4.99 Å². The van der Waals surface area contributed by atoms with Gasteiger partial charge >= 0.3 is 0 Å². The molecule has 2 rings (SSSR count). The second kappa shape index (κ2) is 14.2. The van der Waals surface area contributed by atoms with Crippen LogP contribution in [0.4, 0.5) is 0 Å². The van der Waals surface area contributed by atoms with Gasteiger partial charge in [-0.15, -0.1) is 24.0 Å². The largest absolute Gasteiger partial charge is 0.491 e. The van der Waals surface area contributed by atoms with Crippen molar-refractivity contribution < 1.29 is 9.47 Å². The Bertz CT molecular complexity index is 692. The number of aliphatic imine (C=N–C) groups is 1. The third kappa shape index (κ3) is 8.92. The van der Waals surface area contributed by atoms with Crippen LogP contribution in [0.2, 0.25) is 0 Å². The van der Waals surface area contributed by atoms with Crippen LogP contribution in [0.3, 0.4) is 0 Å². The van der Waals surface area contributed by atoms with E-state index in [1.54, 1.807) is 13.2 Å². The zero-order valence-corrected chi connectivity index (χ0v) is 19.3. The lowest BCUT2D eigenvalue weighted by Crippen LogP contribution is -2.37. The number of hydrogen-bond acceptors (Lipinski definition) is 4. The topological polar surface area (TPSA) is 72.7 Å². The molecule has 2 aromatic rings. The lowest BCUT2D eigenvalue weighted by Gasteiger charge is -2.15. The van der Waals surface area contributed by atoms with Crippen LogP contribution in [0.25, 0.3) is 0 Å². The van der Waals surface area contributed by atoms with E-state index in [2.05, 4.69) is 50.3 Å². The van der Waals surface area contributed by atoms with Gasteiger partial charge in [0.25, 0.3) is 0 Å². The summed E-state index contributed by atoms with van der Waals surface area (Å²) >= 11 is 0. The van der Waals surface area contributed by atoms with Gasteiger partial charge in [0.15, 0.2) is 5.96 Å². The monoisotopic (exact) mass is 501 g/mol. The van der Waals surface area contributed by atoms with Crippen molar-refractivity contribution in [2.75, 3.05) is 33.4 Å². The van der Waals surface area contributed by atoms with Crippen LogP contribution in [0.15, 0.2) is 41.9 Å². The third-order valence-corrected chi connectivity index (χ3v) is 4.03. The van der Waals surface area contributed by atoms with Gasteiger partial charge in [-0.05, 0) is 31.9 Å². The summed E-state index contributed by atoms with van der Waals surface area (Å²) in [5, 5.41) is 6.69. The molecule has 0 aliphatic heterocycles. The summed E-state index contributed by atoms with van der Waals surface area (Å²) in [6.45, 7) is 8.30. The number of nitrogens with one attached hydrogen (secondary N) is 2. The van der Waals surface area contributed by atoms with Gasteiger partial charge in [0.1, 0.15) is 12.4 Å². The van der Waals surface area contributed by atoms with Crippen LogP contribution in [0, 0.1) is 6.92 Å². The molecule has 0 atom stereocenters. The van der Waals surface area contributed by atoms with E-state index in [1.165, 1.54) is 5.56 Å². The van der Waals surface area contributed by atoms with Crippen LogP contribution in [0.5, 0.6) is 5.75 Å². The van der Waals surface area contributed by atoms with Crippen molar-refractivity contribution in [3.63, 3.8) is 0 Å². The molecule has 0 bridgehead atoms. The van der Waals surface area contributed by atoms with Crippen LogP contribution in [-0.2, 0) is 17.8 Å². The molecule has 0 spiro atoms. The van der Waals surface area contributed by atoms with Crippen molar-refractivity contribution in [3.8, 4) is 5.75 Å². The fourth-order valence-corrected chi connectivity index (χ4v) is 2.58. The molecule has 156 valence electrons. The predicted molar refractivity (Wildman–Crippen MR) is 124 cm³/mol. The Morgan fingerprint density at radius 1 is 1.25 bits per heavy atom. The molecule has 0 saturated carbocycles. The number of benzene rings is 1. The molecule has 2 N–H and O–H groups in total. The molecule has 1 aromatic heterocycles. The number of imidazole rings is 1. The molecule has 1 heterocycles. The molecule has 1 aromatic carbocycles. The van der Waals surface area contributed by atoms with Crippen molar-refractivity contribution >= 4 is 29.9 Å². The van der Waals surface area contributed by atoms with E-state index >= 15 is 0 Å². The van der Waals surface area contributed by atoms with E-state index in [0.717, 1.165) is 36.8 Å². The minimum Gasteiger partial charge on any atom is -0.491 e. The SMILES string of the molecule is CCOCCOc1cc(C)ccc1CNC(=NC)NCCCn1ccnc1.I. The molecule has 0 amide bonds. The third-order valence-electron chi connectivity index (χ3n) is 4.03. The summed E-state index contributed by atoms with van der Waals surface area (Å²) in [6, 6.07) is 6.24. The van der Waals surface area contributed by atoms with E-state index in [4.69, 9.17) is 9.47 Å². The highest BCUT2D eigenvalue weighted by molar-refractivity contribution is 14.0. The zero-order chi connectivity index (χ0) is 19.3. The first kappa shape index (κ1) is 24.2. The van der Waals surface area contributed by atoms with E-state index < -0.39 is 0 Å². The van der Waals surface area contributed by atoms with Crippen LogP contribution < -0.4 is 15.4 Å². The highest BCUT2D eigenvalue weighted by Gasteiger charge is 2.06. The number of aryl methyl sites for hydroxylation is 2. The lowest BCUT2D eigenvalue weighted by atomic mass is 10.1. The normalized spacial score (nSPS) is 11.0. The minimum atomic E-state index is 0. The summed E-state index contributed by atoms with van der Waals surface area (Å²) in [6.07, 6.45) is 6.59. The van der Waals surface area contributed by atoms with Gasteiger partial charge in [0.2, 0.25) is 0 Å². The fraction of sp³-hybridized carbons (Fsp3) is 0.500. The number of halogens is 1. The first-order chi connectivity index (χ1) is 13.2. The van der Waals surface area contributed by atoms with Gasteiger partial charge in [-0.25, -0.2) is 4.98 Å². The average Bonchev–Trinajstić information content (AvgIpc) is 3.19. The molecule has 0 aliphatic carbocycles. The van der Waals surface area contributed by atoms with E-state index in [1.807, 2.05) is 19.4 Å². The summed E-state index contributed by atoms with van der Waals surface area (Å²) in [5.74, 6) is 1.67. The fourth-order valence-electron chi connectivity index (χ4n) is 2.58. The molecule has 8 heteroatoms. The standard InChI is InChI=1S/C20H31N5O2.HI/c1-4-26-12-13-27-19-14-17(2)6-7-18(19)15-24-20(21-3)23-8-5-10-25-11-9-22-16-25;/h6-7,9,11,14,16H,4-5,8,10,12-13,15H2,1-3H3,(H2,21,23,24);1H. The maximum Gasteiger partial charge on any atom is 0.191 e. The lowest BCUT2D eigenvalue weighted by molar-refractivity contribution is 0.110. The minimum absolute atomic E-state index is 0. The molecule has 28 heavy (non-hydrogen) atoms. The molecular formula is C20H32IN5O2. The van der Waals surface area contributed by atoms with Crippen LogP contribution >= 0.6 is 24.0 Å². The smallest absolute Gasteiger partial charge is 0.191 e. The van der Waals surface area contributed by atoms with E-state index in [0.29, 0.717) is 26.4 Å². The predicted octanol–water partition coefficient (Wildman–Crippen LogP) is 2.98. The van der Waals surface area contributed by atoms with Gasteiger partial charge in [0.05, 0.1) is 12.9 Å². The highest BCUT2D eigenvalue weighted by Crippen LogP contribution is 2.20. The second-order valence-corrected chi connectivity index (χ2v) is 6.16. The van der Waals surface area contributed by atoms with E-state index in [-0.39, 0.29) is 24.0 Å². The second-order valence-electron chi connectivity index (χ2n) is 6.16. The summed E-state index contributed by atoms with van der Waals surface area (Å²) in [7, 11) is 1.78. The van der Waals surface area contributed by atoms with Crippen molar-refractivity contribution in [3.05, 3.63) is 48.0 Å².